The van der Waals surface area contributed by atoms with Gasteiger partial charge in [0.25, 0.3) is 0 Å². The standard InChI is InChI=1S/C19H26O2/c1-19-11-10-14-13(15(19)8-9-17(19)20)7-6-12-4-3-5-16(21-2)18(12)14/h3-5,13-15,17,20H,6-11H2,1-2H3/t13-,14+,15+,17?,19+/m1/s1. The average molecular weight is 286 g/mol. The number of rotatable bonds is 1. The van der Waals surface area contributed by atoms with Crippen molar-refractivity contribution in [3.05, 3.63) is 29.3 Å². The molecule has 1 aromatic rings. The summed E-state index contributed by atoms with van der Waals surface area (Å²) in [4.78, 5) is 0. The highest BCUT2D eigenvalue weighted by atomic mass is 16.5. The number of aliphatic hydroxyl groups is 1. The first kappa shape index (κ1) is 13.6. The summed E-state index contributed by atoms with van der Waals surface area (Å²) < 4.78 is 5.67. The lowest BCUT2D eigenvalue weighted by Crippen LogP contribution is -2.44. The van der Waals surface area contributed by atoms with E-state index in [2.05, 4.69) is 25.1 Å². The number of ether oxygens (including phenoxy) is 1. The lowest BCUT2D eigenvalue weighted by Gasteiger charge is -2.50. The van der Waals surface area contributed by atoms with Crippen molar-refractivity contribution in [2.24, 2.45) is 17.3 Å². The number of aliphatic hydroxyl groups excluding tert-OH is 1. The second kappa shape index (κ2) is 4.74. The summed E-state index contributed by atoms with van der Waals surface area (Å²) in [7, 11) is 1.80. The van der Waals surface area contributed by atoms with Crippen molar-refractivity contribution in [2.45, 2.75) is 57.5 Å². The molecule has 3 aliphatic rings. The van der Waals surface area contributed by atoms with Crippen LogP contribution in [0.25, 0.3) is 0 Å². The molecule has 4 rings (SSSR count). The van der Waals surface area contributed by atoms with E-state index in [-0.39, 0.29) is 11.5 Å². The summed E-state index contributed by atoms with van der Waals surface area (Å²) in [5.74, 6) is 3.17. The summed E-state index contributed by atoms with van der Waals surface area (Å²) in [6.45, 7) is 2.34. The van der Waals surface area contributed by atoms with Crippen LogP contribution in [0.1, 0.15) is 56.1 Å². The molecule has 21 heavy (non-hydrogen) atoms. The first-order valence-corrected chi connectivity index (χ1v) is 8.49. The minimum absolute atomic E-state index is 0.0810. The van der Waals surface area contributed by atoms with E-state index in [1.807, 2.05) is 0 Å². The van der Waals surface area contributed by atoms with Crippen molar-refractivity contribution in [1.29, 1.82) is 0 Å². The fraction of sp³-hybridized carbons (Fsp3) is 0.684. The van der Waals surface area contributed by atoms with Gasteiger partial charge in [-0.2, -0.15) is 0 Å². The molecule has 2 nitrogen and oxygen atoms in total. The van der Waals surface area contributed by atoms with Gasteiger partial charge in [0, 0.05) is 5.56 Å². The van der Waals surface area contributed by atoms with Gasteiger partial charge in [-0.25, -0.2) is 0 Å². The van der Waals surface area contributed by atoms with Crippen molar-refractivity contribution in [3.63, 3.8) is 0 Å². The first-order valence-electron chi connectivity index (χ1n) is 8.49. The summed E-state index contributed by atoms with van der Waals surface area (Å²) in [5, 5.41) is 10.4. The second-order valence-electron chi connectivity index (χ2n) is 7.59. The van der Waals surface area contributed by atoms with E-state index >= 15 is 0 Å². The van der Waals surface area contributed by atoms with Crippen LogP contribution in [-0.4, -0.2) is 18.3 Å². The molecule has 0 radical (unpaired) electrons. The molecule has 0 heterocycles. The molecule has 0 bridgehead atoms. The molecule has 2 heteroatoms. The SMILES string of the molecule is COc1cccc2c1[C@H]1CC[C@]3(C)C(O)CC[C@H]3[C@@H]1CC2. The Morgan fingerprint density at radius 1 is 1.19 bits per heavy atom. The van der Waals surface area contributed by atoms with Crippen molar-refractivity contribution in [1.82, 2.24) is 0 Å². The minimum Gasteiger partial charge on any atom is -0.496 e. The number of aryl methyl sites for hydroxylation is 1. The summed E-state index contributed by atoms with van der Waals surface area (Å²) in [6, 6.07) is 6.54. The van der Waals surface area contributed by atoms with Gasteiger partial charge >= 0.3 is 0 Å². The third-order valence-corrected chi connectivity index (χ3v) is 6.88. The van der Waals surface area contributed by atoms with Gasteiger partial charge in [0.05, 0.1) is 13.2 Å². The molecule has 0 saturated heterocycles. The van der Waals surface area contributed by atoms with Gasteiger partial charge in [0.2, 0.25) is 0 Å². The predicted octanol–water partition coefficient (Wildman–Crippen LogP) is 3.91. The van der Waals surface area contributed by atoms with Gasteiger partial charge < -0.3 is 9.84 Å². The van der Waals surface area contributed by atoms with Crippen molar-refractivity contribution in [3.8, 4) is 5.75 Å². The summed E-state index contributed by atoms with van der Waals surface area (Å²) in [6.07, 6.45) is 6.97. The third-order valence-electron chi connectivity index (χ3n) is 6.88. The number of hydrogen-bond donors (Lipinski definition) is 1. The molecule has 0 amide bonds. The summed E-state index contributed by atoms with van der Waals surface area (Å²) >= 11 is 0. The molecule has 0 aliphatic heterocycles. The lowest BCUT2D eigenvalue weighted by molar-refractivity contribution is -0.0229. The molecule has 114 valence electrons. The molecule has 5 atom stereocenters. The van der Waals surface area contributed by atoms with E-state index in [9.17, 15) is 5.11 Å². The highest BCUT2D eigenvalue weighted by Gasteiger charge is 2.54. The maximum Gasteiger partial charge on any atom is 0.122 e. The Bertz CT molecular complexity index is 538. The number of methoxy groups -OCH3 is 1. The van der Waals surface area contributed by atoms with Crippen LogP contribution in [-0.2, 0) is 6.42 Å². The van der Waals surface area contributed by atoms with Gasteiger partial charge in [-0.05, 0) is 73.3 Å². The third kappa shape index (κ3) is 1.81. The molecule has 0 spiro atoms. The maximum absolute atomic E-state index is 10.4. The molecule has 1 N–H and O–H groups in total. The second-order valence-corrected chi connectivity index (χ2v) is 7.59. The minimum atomic E-state index is -0.0810. The smallest absolute Gasteiger partial charge is 0.122 e. The first-order chi connectivity index (χ1) is 10.1. The van der Waals surface area contributed by atoms with E-state index in [0.29, 0.717) is 11.8 Å². The fourth-order valence-electron chi connectivity index (χ4n) is 5.75. The van der Waals surface area contributed by atoms with E-state index < -0.39 is 0 Å². The Morgan fingerprint density at radius 2 is 2.05 bits per heavy atom. The number of hydrogen-bond acceptors (Lipinski definition) is 2. The van der Waals surface area contributed by atoms with Crippen LogP contribution < -0.4 is 4.74 Å². The van der Waals surface area contributed by atoms with Gasteiger partial charge in [-0.1, -0.05) is 19.1 Å². The van der Waals surface area contributed by atoms with E-state index in [1.165, 1.54) is 36.8 Å². The zero-order valence-electron chi connectivity index (χ0n) is 13.1. The van der Waals surface area contributed by atoms with Crippen LogP contribution in [0.15, 0.2) is 18.2 Å². The van der Waals surface area contributed by atoms with E-state index in [1.54, 1.807) is 7.11 Å². The highest BCUT2D eigenvalue weighted by Crippen LogP contribution is 2.61. The maximum atomic E-state index is 10.4. The Morgan fingerprint density at radius 3 is 2.86 bits per heavy atom. The fourth-order valence-corrected chi connectivity index (χ4v) is 5.75. The van der Waals surface area contributed by atoms with Crippen LogP contribution in [0, 0.1) is 17.3 Å². The van der Waals surface area contributed by atoms with Crippen LogP contribution in [0.4, 0.5) is 0 Å². The highest BCUT2D eigenvalue weighted by molar-refractivity contribution is 5.45. The van der Waals surface area contributed by atoms with Crippen LogP contribution in [0.3, 0.4) is 0 Å². The largest absolute Gasteiger partial charge is 0.496 e. The molecule has 2 saturated carbocycles. The zero-order valence-corrected chi connectivity index (χ0v) is 13.1. The molecular formula is C19H26O2. The Hall–Kier alpha value is -1.02. The van der Waals surface area contributed by atoms with Gasteiger partial charge in [0.1, 0.15) is 5.75 Å². The molecule has 1 unspecified atom stereocenters. The Kier molecular flexibility index (Phi) is 3.08. The molecule has 3 aliphatic carbocycles. The molecular weight excluding hydrogens is 260 g/mol. The molecule has 0 aromatic heterocycles. The van der Waals surface area contributed by atoms with E-state index in [4.69, 9.17) is 4.74 Å². The predicted molar refractivity (Wildman–Crippen MR) is 83.6 cm³/mol. The molecule has 2 fully saturated rings. The normalized spacial score (nSPS) is 41.1. The van der Waals surface area contributed by atoms with Gasteiger partial charge in [0.15, 0.2) is 0 Å². The van der Waals surface area contributed by atoms with Crippen LogP contribution in [0.2, 0.25) is 0 Å². The zero-order chi connectivity index (χ0) is 14.6. The quantitative estimate of drug-likeness (QED) is 0.848. The lowest BCUT2D eigenvalue weighted by atomic mass is 9.55. The van der Waals surface area contributed by atoms with Gasteiger partial charge in [-0.15, -0.1) is 0 Å². The Labute approximate surface area is 127 Å². The Balaban J connectivity index is 1.75. The topological polar surface area (TPSA) is 29.5 Å². The van der Waals surface area contributed by atoms with Crippen molar-refractivity contribution < 1.29 is 9.84 Å². The van der Waals surface area contributed by atoms with Gasteiger partial charge in [-0.3, -0.25) is 0 Å². The van der Waals surface area contributed by atoms with Crippen LogP contribution >= 0.6 is 0 Å². The van der Waals surface area contributed by atoms with Crippen LogP contribution in [0.5, 0.6) is 5.75 Å². The monoisotopic (exact) mass is 286 g/mol. The molecule has 1 aromatic carbocycles. The summed E-state index contributed by atoms with van der Waals surface area (Å²) in [5.41, 5.74) is 3.15. The number of fused-ring (bicyclic) bond motifs is 5. The number of benzene rings is 1. The van der Waals surface area contributed by atoms with E-state index in [0.717, 1.165) is 24.5 Å². The average Bonchev–Trinajstić information content (AvgIpc) is 2.82. The van der Waals surface area contributed by atoms with Crippen molar-refractivity contribution >= 4 is 0 Å². The van der Waals surface area contributed by atoms with Crippen molar-refractivity contribution in [2.75, 3.05) is 7.11 Å².